The van der Waals surface area contributed by atoms with Crippen molar-refractivity contribution in [1.82, 2.24) is 20.2 Å². The van der Waals surface area contributed by atoms with Gasteiger partial charge in [-0.15, -0.1) is 10.2 Å². The van der Waals surface area contributed by atoms with Crippen molar-refractivity contribution in [2.24, 2.45) is 0 Å². The van der Waals surface area contributed by atoms with Gasteiger partial charge >= 0.3 is 0 Å². The molecular weight excluding hydrogens is 300 g/mol. The highest BCUT2D eigenvalue weighted by atomic mass is 15.3. The van der Waals surface area contributed by atoms with Crippen LogP contribution in [0.1, 0.15) is 5.56 Å². The van der Waals surface area contributed by atoms with Crippen LogP contribution in [0.3, 0.4) is 0 Å². The van der Waals surface area contributed by atoms with Gasteiger partial charge in [-0.1, -0.05) is 30.3 Å². The molecule has 0 radical (unpaired) electrons. The van der Waals surface area contributed by atoms with Crippen LogP contribution in [0.5, 0.6) is 0 Å². The van der Waals surface area contributed by atoms with Crippen molar-refractivity contribution >= 4 is 33.7 Å². The number of nitrogens with zero attached hydrogens (tertiary/aromatic N) is 4. The molecule has 0 saturated heterocycles. The van der Waals surface area contributed by atoms with E-state index in [1.807, 2.05) is 60.5 Å². The summed E-state index contributed by atoms with van der Waals surface area (Å²) in [5.41, 5.74) is 10.3. The molecule has 0 aliphatic carbocycles. The molecule has 24 heavy (non-hydrogen) atoms. The lowest BCUT2D eigenvalue weighted by molar-refractivity contribution is 0.822. The van der Waals surface area contributed by atoms with Crippen LogP contribution in [-0.2, 0) is 6.42 Å². The van der Waals surface area contributed by atoms with Crippen LogP contribution in [-0.4, -0.2) is 33.8 Å². The van der Waals surface area contributed by atoms with E-state index in [2.05, 4.69) is 20.2 Å². The molecule has 0 aliphatic heterocycles. The zero-order chi connectivity index (χ0) is 16.5. The molecule has 6 nitrogen and oxygen atoms in total. The number of H-pyrrole nitrogens is 1. The summed E-state index contributed by atoms with van der Waals surface area (Å²) >= 11 is 0. The number of rotatable bonds is 4. The number of fused-ring (bicyclic) bond motifs is 3. The Morgan fingerprint density at radius 2 is 1.83 bits per heavy atom. The number of nitrogens with two attached hydrogens (primary N) is 1. The summed E-state index contributed by atoms with van der Waals surface area (Å²) in [6.45, 7) is 0.803. The van der Waals surface area contributed by atoms with Crippen molar-refractivity contribution in [3.05, 3.63) is 54.1 Å². The van der Waals surface area contributed by atoms with Crippen molar-refractivity contribution in [1.29, 1.82) is 0 Å². The second kappa shape index (κ2) is 5.81. The molecule has 0 amide bonds. The zero-order valence-electron chi connectivity index (χ0n) is 13.4. The van der Waals surface area contributed by atoms with Gasteiger partial charge in [0.2, 0.25) is 5.95 Å². The van der Waals surface area contributed by atoms with Crippen LogP contribution in [0.15, 0.2) is 48.5 Å². The first-order valence-electron chi connectivity index (χ1n) is 7.87. The lowest BCUT2D eigenvalue weighted by Crippen LogP contribution is -2.23. The molecule has 0 unspecified atom stereocenters. The predicted octanol–water partition coefficient (Wildman–Crippen LogP) is 2.77. The van der Waals surface area contributed by atoms with Crippen molar-refractivity contribution < 1.29 is 0 Å². The SMILES string of the molecule is CN(CCc1ccc(N)cc1)c1nnc2c(n1)[nH]c1ccccc12. The Bertz CT molecular complexity index is 989. The van der Waals surface area contributed by atoms with Crippen molar-refractivity contribution in [2.75, 3.05) is 24.2 Å². The molecule has 2 heterocycles. The van der Waals surface area contributed by atoms with Gasteiger partial charge in [-0.05, 0) is 30.2 Å². The number of hydrogen-bond acceptors (Lipinski definition) is 5. The van der Waals surface area contributed by atoms with Gasteiger partial charge in [-0.2, -0.15) is 4.98 Å². The molecule has 3 N–H and O–H groups in total. The highest BCUT2D eigenvalue weighted by Crippen LogP contribution is 2.22. The van der Waals surface area contributed by atoms with Crippen LogP contribution >= 0.6 is 0 Å². The highest BCUT2D eigenvalue weighted by molar-refractivity contribution is 6.03. The van der Waals surface area contributed by atoms with Crippen molar-refractivity contribution in [3.8, 4) is 0 Å². The van der Waals surface area contributed by atoms with E-state index in [-0.39, 0.29) is 0 Å². The third kappa shape index (κ3) is 2.62. The van der Waals surface area contributed by atoms with Gasteiger partial charge in [0.05, 0.1) is 0 Å². The summed E-state index contributed by atoms with van der Waals surface area (Å²) in [6.07, 6.45) is 0.894. The highest BCUT2D eigenvalue weighted by Gasteiger charge is 2.11. The second-order valence-corrected chi connectivity index (χ2v) is 5.89. The smallest absolute Gasteiger partial charge is 0.247 e. The average molecular weight is 318 g/mol. The van der Waals surface area contributed by atoms with E-state index in [1.54, 1.807) is 0 Å². The molecule has 0 spiro atoms. The maximum atomic E-state index is 5.72. The third-order valence-electron chi connectivity index (χ3n) is 4.17. The van der Waals surface area contributed by atoms with Crippen LogP contribution in [0.2, 0.25) is 0 Å². The Balaban J connectivity index is 1.56. The Morgan fingerprint density at radius 1 is 1.04 bits per heavy atom. The molecule has 2 aromatic carbocycles. The van der Waals surface area contributed by atoms with Gasteiger partial charge in [0.15, 0.2) is 5.65 Å². The number of benzene rings is 2. The minimum Gasteiger partial charge on any atom is -0.399 e. The first-order chi connectivity index (χ1) is 11.7. The quantitative estimate of drug-likeness (QED) is 0.565. The largest absolute Gasteiger partial charge is 0.399 e. The van der Waals surface area contributed by atoms with E-state index in [0.717, 1.165) is 40.7 Å². The van der Waals surface area contributed by atoms with E-state index in [0.29, 0.717) is 5.95 Å². The van der Waals surface area contributed by atoms with Gasteiger partial charge in [-0.3, -0.25) is 0 Å². The lowest BCUT2D eigenvalue weighted by atomic mass is 10.1. The number of para-hydroxylation sites is 1. The minimum atomic E-state index is 0.615. The van der Waals surface area contributed by atoms with Crippen molar-refractivity contribution in [2.45, 2.75) is 6.42 Å². The zero-order valence-corrected chi connectivity index (χ0v) is 13.4. The standard InChI is InChI=1S/C18H18N6/c1-24(11-10-12-6-8-13(19)9-7-12)18-21-17-16(22-23-18)14-4-2-3-5-15(14)20-17/h2-9H,10-11,19H2,1H3,(H,20,21,23). The molecule has 6 heteroatoms. The average Bonchev–Trinajstić information content (AvgIpc) is 2.98. The van der Waals surface area contributed by atoms with Crippen LogP contribution in [0.25, 0.3) is 22.1 Å². The number of nitrogen functional groups attached to an aromatic ring is 1. The number of hydrogen-bond donors (Lipinski definition) is 2. The minimum absolute atomic E-state index is 0.615. The molecular formula is C18H18N6. The molecule has 0 fully saturated rings. The van der Waals surface area contributed by atoms with E-state index >= 15 is 0 Å². The number of aromatic nitrogens is 4. The molecule has 4 aromatic rings. The normalized spacial score (nSPS) is 11.2. The summed E-state index contributed by atoms with van der Waals surface area (Å²) in [7, 11) is 1.98. The molecule has 0 bridgehead atoms. The summed E-state index contributed by atoms with van der Waals surface area (Å²) in [5.74, 6) is 0.615. The topological polar surface area (TPSA) is 83.7 Å². The molecule has 0 aliphatic rings. The third-order valence-corrected chi connectivity index (χ3v) is 4.17. The fourth-order valence-corrected chi connectivity index (χ4v) is 2.75. The summed E-state index contributed by atoms with van der Waals surface area (Å²) in [5, 5.41) is 9.68. The van der Waals surface area contributed by atoms with Crippen LogP contribution in [0.4, 0.5) is 11.6 Å². The maximum Gasteiger partial charge on any atom is 0.247 e. The summed E-state index contributed by atoms with van der Waals surface area (Å²) < 4.78 is 0. The summed E-state index contributed by atoms with van der Waals surface area (Å²) in [6, 6.07) is 16.0. The first kappa shape index (κ1) is 14.4. The van der Waals surface area contributed by atoms with Crippen LogP contribution in [0, 0.1) is 0 Å². The Hall–Kier alpha value is -3.15. The fraction of sp³-hybridized carbons (Fsp3) is 0.167. The first-order valence-corrected chi connectivity index (χ1v) is 7.87. The Kier molecular flexibility index (Phi) is 3.49. The Morgan fingerprint density at radius 3 is 2.67 bits per heavy atom. The predicted molar refractivity (Wildman–Crippen MR) is 97.0 cm³/mol. The van der Waals surface area contributed by atoms with E-state index in [4.69, 9.17) is 5.73 Å². The van der Waals surface area contributed by atoms with E-state index < -0.39 is 0 Å². The fourth-order valence-electron chi connectivity index (χ4n) is 2.75. The molecule has 0 saturated carbocycles. The van der Waals surface area contributed by atoms with Gasteiger partial charge in [0.25, 0.3) is 0 Å². The van der Waals surface area contributed by atoms with Gasteiger partial charge in [0.1, 0.15) is 5.52 Å². The monoisotopic (exact) mass is 318 g/mol. The number of nitrogens with one attached hydrogen (secondary N) is 1. The molecule has 0 atom stereocenters. The second-order valence-electron chi connectivity index (χ2n) is 5.89. The molecule has 120 valence electrons. The molecule has 4 rings (SSSR count). The number of aromatic amines is 1. The number of likely N-dealkylation sites (N-methyl/N-ethyl adjacent to an activating group) is 1. The van der Waals surface area contributed by atoms with Gasteiger partial charge in [-0.25, -0.2) is 0 Å². The van der Waals surface area contributed by atoms with E-state index in [9.17, 15) is 0 Å². The van der Waals surface area contributed by atoms with Crippen LogP contribution < -0.4 is 10.6 Å². The van der Waals surface area contributed by atoms with Crippen molar-refractivity contribution in [3.63, 3.8) is 0 Å². The summed E-state index contributed by atoms with van der Waals surface area (Å²) in [4.78, 5) is 9.92. The maximum absolute atomic E-state index is 5.72. The lowest BCUT2D eigenvalue weighted by Gasteiger charge is -2.16. The Labute approximate surface area is 139 Å². The van der Waals surface area contributed by atoms with Gasteiger partial charge < -0.3 is 15.6 Å². The van der Waals surface area contributed by atoms with Gasteiger partial charge in [0, 0.05) is 30.2 Å². The molecule has 2 aromatic heterocycles. The number of anilines is 2. The van der Waals surface area contributed by atoms with E-state index in [1.165, 1.54) is 5.56 Å².